The molecule has 5 rings (SSSR count). The lowest BCUT2D eigenvalue weighted by Crippen LogP contribution is -2.66. The Labute approximate surface area is 183 Å². The normalized spacial score (nSPS) is 49.0. The van der Waals surface area contributed by atoms with E-state index in [9.17, 15) is 14.4 Å². The SMILES string of the molecule is CCO[C@]1(C)OCC(=O)[C@@]2(CC[C@@H]3[C@H]4CCC5=CC(=O)C=C[C@]5(C)[C@@H]4C(=O)C[C@@]32C)O1. The third-order valence-electron chi connectivity index (χ3n) is 9.06. The fourth-order valence-corrected chi connectivity index (χ4v) is 7.69. The van der Waals surface area contributed by atoms with Gasteiger partial charge in [-0.05, 0) is 56.6 Å². The average molecular weight is 429 g/mol. The van der Waals surface area contributed by atoms with E-state index < -0.39 is 22.4 Å². The maximum Gasteiger partial charge on any atom is 0.281 e. The summed E-state index contributed by atoms with van der Waals surface area (Å²) >= 11 is 0. The van der Waals surface area contributed by atoms with Gasteiger partial charge in [-0.15, -0.1) is 0 Å². The first-order valence-electron chi connectivity index (χ1n) is 11.6. The fourth-order valence-electron chi connectivity index (χ4n) is 7.69. The lowest BCUT2D eigenvalue weighted by molar-refractivity contribution is -0.419. The molecule has 0 aromatic rings. The van der Waals surface area contributed by atoms with Crippen LogP contribution in [0.15, 0.2) is 23.8 Å². The van der Waals surface area contributed by atoms with Crippen LogP contribution in [0.2, 0.25) is 0 Å². The predicted octanol–water partition coefficient (Wildman–Crippen LogP) is 3.54. The fraction of sp³-hybridized carbons (Fsp3) is 0.720. The number of ether oxygens (including phenoxy) is 3. The number of allylic oxidation sites excluding steroid dienone is 4. The molecule has 7 atom stereocenters. The Kier molecular flexibility index (Phi) is 4.58. The minimum atomic E-state index is -1.28. The molecule has 5 aliphatic rings. The maximum atomic E-state index is 13.8. The molecule has 0 radical (unpaired) electrons. The van der Waals surface area contributed by atoms with E-state index in [1.165, 1.54) is 0 Å². The topological polar surface area (TPSA) is 78.9 Å². The smallest absolute Gasteiger partial charge is 0.281 e. The molecule has 1 spiro atoms. The Morgan fingerprint density at radius 2 is 1.94 bits per heavy atom. The quantitative estimate of drug-likeness (QED) is 0.669. The third kappa shape index (κ3) is 2.71. The van der Waals surface area contributed by atoms with E-state index in [4.69, 9.17) is 14.2 Å². The molecule has 4 aliphatic carbocycles. The van der Waals surface area contributed by atoms with Gasteiger partial charge >= 0.3 is 0 Å². The molecule has 0 amide bonds. The zero-order valence-electron chi connectivity index (χ0n) is 18.9. The second kappa shape index (κ2) is 6.69. The van der Waals surface area contributed by atoms with Crippen molar-refractivity contribution in [2.45, 2.75) is 71.4 Å². The summed E-state index contributed by atoms with van der Waals surface area (Å²) in [6.07, 6.45) is 8.71. The summed E-state index contributed by atoms with van der Waals surface area (Å²) in [5.41, 5.74) is -0.981. The first-order valence-corrected chi connectivity index (χ1v) is 11.6. The monoisotopic (exact) mass is 428 g/mol. The van der Waals surface area contributed by atoms with Crippen LogP contribution in [0.3, 0.4) is 0 Å². The minimum absolute atomic E-state index is 0.00949. The molecule has 0 aromatic carbocycles. The highest BCUT2D eigenvalue weighted by Crippen LogP contribution is 2.67. The van der Waals surface area contributed by atoms with Crippen molar-refractivity contribution in [2.75, 3.05) is 13.2 Å². The molecule has 6 heteroatoms. The molecule has 4 fully saturated rings. The highest BCUT2D eigenvalue weighted by atomic mass is 16.9. The molecule has 0 aromatic heterocycles. The van der Waals surface area contributed by atoms with Crippen LogP contribution in [0, 0.1) is 28.6 Å². The van der Waals surface area contributed by atoms with E-state index >= 15 is 0 Å². The molecule has 1 aliphatic heterocycles. The van der Waals surface area contributed by atoms with E-state index in [1.807, 2.05) is 13.0 Å². The number of rotatable bonds is 2. The van der Waals surface area contributed by atoms with Gasteiger partial charge in [-0.25, -0.2) is 0 Å². The molecule has 1 saturated heterocycles. The number of Topliss-reactive ketones (excluding diaryl/α,β-unsaturated/α-hetero) is 2. The van der Waals surface area contributed by atoms with Gasteiger partial charge in [-0.3, -0.25) is 14.4 Å². The lowest BCUT2D eigenvalue weighted by atomic mass is 9.46. The van der Waals surface area contributed by atoms with Gasteiger partial charge in [0, 0.05) is 36.7 Å². The van der Waals surface area contributed by atoms with Gasteiger partial charge in [-0.1, -0.05) is 25.5 Å². The standard InChI is InChI=1S/C25H32O6/c1-5-29-24(4)30-14-20(28)25(31-24)11-9-18-17-7-6-15-12-16(26)8-10-22(15,2)21(17)19(27)13-23(18,25)3/h8,10,12,17-18,21H,5-7,9,11,13-14H2,1-4H3/t17-,18-,21+,22+,23+,24-,25-/m1/s1. The van der Waals surface area contributed by atoms with Crippen LogP contribution in [0.4, 0.5) is 0 Å². The summed E-state index contributed by atoms with van der Waals surface area (Å²) < 4.78 is 17.8. The van der Waals surface area contributed by atoms with Crippen LogP contribution in [-0.2, 0) is 28.6 Å². The molecular weight excluding hydrogens is 396 g/mol. The van der Waals surface area contributed by atoms with Crippen LogP contribution < -0.4 is 0 Å². The maximum absolute atomic E-state index is 13.8. The van der Waals surface area contributed by atoms with Crippen molar-refractivity contribution in [3.05, 3.63) is 23.8 Å². The lowest BCUT2D eigenvalue weighted by Gasteiger charge is -2.58. The average Bonchev–Trinajstić information content (AvgIpc) is 2.98. The Balaban J connectivity index is 1.54. The Morgan fingerprint density at radius 3 is 2.68 bits per heavy atom. The molecule has 0 bridgehead atoms. The number of fused-ring (bicyclic) bond motifs is 6. The van der Waals surface area contributed by atoms with Gasteiger partial charge in [0.25, 0.3) is 5.97 Å². The van der Waals surface area contributed by atoms with Gasteiger partial charge < -0.3 is 14.2 Å². The second-order valence-electron chi connectivity index (χ2n) is 10.5. The van der Waals surface area contributed by atoms with Crippen molar-refractivity contribution >= 4 is 17.3 Å². The van der Waals surface area contributed by atoms with E-state index in [0.717, 1.165) is 24.8 Å². The van der Waals surface area contributed by atoms with Gasteiger partial charge in [0.15, 0.2) is 11.6 Å². The van der Waals surface area contributed by atoms with Crippen LogP contribution in [0.5, 0.6) is 0 Å². The van der Waals surface area contributed by atoms with Crippen LogP contribution in [0.1, 0.15) is 59.8 Å². The van der Waals surface area contributed by atoms with E-state index in [-0.39, 0.29) is 41.7 Å². The number of hydrogen-bond donors (Lipinski definition) is 0. The predicted molar refractivity (Wildman–Crippen MR) is 112 cm³/mol. The third-order valence-corrected chi connectivity index (χ3v) is 9.06. The first-order chi connectivity index (χ1) is 14.6. The van der Waals surface area contributed by atoms with Gasteiger partial charge in [0.1, 0.15) is 18.0 Å². The first kappa shape index (κ1) is 21.2. The summed E-state index contributed by atoms with van der Waals surface area (Å²) in [7, 11) is 0. The van der Waals surface area contributed by atoms with Gasteiger partial charge in [0.05, 0.1) is 0 Å². The number of carbonyl (C=O) groups excluding carboxylic acids is 3. The zero-order valence-corrected chi connectivity index (χ0v) is 18.9. The number of ketones is 3. The van der Waals surface area contributed by atoms with Gasteiger partial charge in [-0.2, -0.15) is 0 Å². The number of carbonyl (C=O) groups is 3. The van der Waals surface area contributed by atoms with Crippen molar-refractivity contribution in [1.82, 2.24) is 0 Å². The van der Waals surface area contributed by atoms with Crippen molar-refractivity contribution in [3.63, 3.8) is 0 Å². The van der Waals surface area contributed by atoms with E-state index in [0.29, 0.717) is 19.4 Å². The molecule has 6 nitrogen and oxygen atoms in total. The highest BCUT2D eigenvalue weighted by Gasteiger charge is 2.71. The van der Waals surface area contributed by atoms with Crippen molar-refractivity contribution in [1.29, 1.82) is 0 Å². The summed E-state index contributed by atoms with van der Waals surface area (Å²) in [4.78, 5) is 39.0. The molecule has 0 N–H and O–H groups in total. The molecule has 0 unspecified atom stereocenters. The molecular formula is C25H32O6. The molecule has 31 heavy (non-hydrogen) atoms. The summed E-state index contributed by atoms with van der Waals surface area (Å²) in [5.74, 6) is -0.949. The Bertz CT molecular complexity index is 919. The number of hydrogen-bond acceptors (Lipinski definition) is 6. The van der Waals surface area contributed by atoms with Crippen molar-refractivity contribution < 1.29 is 28.6 Å². The minimum Gasteiger partial charge on any atom is -0.328 e. The van der Waals surface area contributed by atoms with Crippen LogP contribution in [0.25, 0.3) is 0 Å². The Morgan fingerprint density at radius 1 is 1.16 bits per heavy atom. The summed E-state index contributed by atoms with van der Waals surface area (Å²) in [6, 6.07) is 0. The van der Waals surface area contributed by atoms with Crippen molar-refractivity contribution in [3.8, 4) is 0 Å². The largest absolute Gasteiger partial charge is 0.328 e. The Hall–Kier alpha value is -1.63. The zero-order chi connectivity index (χ0) is 22.2. The van der Waals surface area contributed by atoms with Crippen LogP contribution >= 0.6 is 0 Å². The van der Waals surface area contributed by atoms with Gasteiger partial charge in [0.2, 0.25) is 0 Å². The molecule has 3 saturated carbocycles. The second-order valence-corrected chi connectivity index (χ2v) is 10.5. The summed E-state index contributed by atoms with van der Waals surface area (Å²) in [6.45, 7) is 8.11. The van der Waals surface area contributed by atoms with E-state index in [2.05, 4.69) is 13.8 Å². The van der Waals surface area contributed by atoms with Crippen molar-refractivity contribution in [2.24, 2.45) is 28.6 Å². The van der Waals surface area contributed by atoms with E-state index in [1.54, 1.807) is 19.1 Å². The molecule has 1 heterocycles. The summed E-state index contributed by atoms with van der Waals surface area (Å²) in [5, 5.41) is 0. The highest BCUT2D eigenvalue weighted by molar-refractivity contribution is 6.02. The van der Waals surface area contributed by atoms with Crippen LogP contribution in [-0.4, -0.2) is 42.1 Å². The molecule has 168 valence electrons.